The Hall–Kier alpha value is -1.22. The second-order valence-electron chi connectivity index (χ2n) is 9.72. The normalized spacial score (nSPS) is 22.4. The van der Waals surface area contributed by atoms with Gasteiger partial charge in [0, 0.05) is 43.5 Å². The third-order valence-corrected chi connectivity index (χ3v) is 6.67. The van der Waals surface area contributed by atoms with Gasteiger partial charge in [-0.3, -0.25) is 0 Å². The van der Waals surface area contributed by atoms with Crippen LogP contribution in [0.2, 0.25) is 0 Å². The molecule has 1 aromatic heterocycles. The highest BCUT2D eigenvalue weighted by atomic mass is 16.7. The lowest BCUT2D eigenvalue weighted by atomic mass is 9.81. The van der Waals surface area contributed by atoms with E-state index < -0.39 is 7.12 Å². The van der Waals surface area contributed by atoms with Crippen LogP contribution >= 0.6 is 0 Å². The fraction of sp³-hybridized carbons (Fsp3) is 0.810. The maximum Gasteiger partial charge on any atom is 0.498 e. The minimum absolute atomic E-state index is 0.347. The summed E-state index contributed by atoms with van der Waals surface area (Å²) in [6.45, 7) is 17.6. The molecular weight excluding hydrogens is 365 g/mol. The van der Waals surface area contributed by atoms with Gasteiger partial charge in [0.25, 0.3) is 0 Å². The molecule has 0 atom stereocenters. The zero-order valence-corrected chi connectivity index (χ0v) is 19.0. The average Bonchev–Trinajstić information content (AvgIpc) is 2.89. The van der Waals surface area contributed by atoms with E-state index >= 15 is 0 Å². The molecule has 2 N–H and O–H groups in total. The van der Waals surface area contributed by atoms with Crippen molar-refractivity contribution in [2.45, 2.75) is 71.6 Å². The van der Waals surface area contributed by atoms with E-state index in [1.54, 1.807) is 0 Å². The standard InChI is InChI=1S/C21H38BN5O2/c1-16(2)27(15-17-7-10-26(11-8-17)12-9-23)19-24-13-18(14-25-19)22-28-20(3,4)21(5,6)29-22/h13-14,16-17H,7-12,15,23H2,1-6H3. The number of nitrogens with two attached hydrogens (primary N) is 1. The Morgan fingerprint density at radius 2 is 1.69 bits per heavy atom. The van der Waals surface area contributed by atoms with Crippen molar-refractivity contribution >= 4 is 18.5 Å². The summed E-state index contributed by atoms with van der Waals surface area (Å²) in [5.74, 6) is 1.45. The van der Waals surface area contributed by atoms with Crippen LogP contribution in [0, 0.1) is 5.92 Å². The first-order chi connectivity index (χ1) is 13.6. The van der Waals surface area contributed by atoms with Gasteiger partial charge >= 0.3 is 7.12 Å². The third kappa shape index (κ3) is 5.10. The smallest absolute Gasteiger partial charge is 0.399 e. The number of hydrogen-bond donors (Lipinski definition) is 1. The molecule has 0 aliphatic carbocycles. The van der Waals surface area contributed by atoms with Crippen molar-refractivity contribution in [1.29, 1.82) is 0 Å². The number of hydrogen-bond acceptors (Lipinski definition) is 7. The predicted molar refractivity (Wildman–Crippen MR) is 118 cm³/mol. The van der Waals surface area contributed by atoms with Gasteiger partial charge in [-0.25, -0.2) is 9.97 Å². The van der Waals surface area contributed by atoms with Crippen LogP contribution in [-0.4, -0.2) is 72.0 Å². The van der Waals surface area contributed by atoms with Crippen molar-refractivity contribution in [3.8, 4) is 0 Å². The van der Waals surface area contributed by atoms with Gasteiger partial charge in [-0.15, -0.1) is 0 Å². The molecule has 162 valence electrons. The lowest BCUT2D eigenvalue weighted by Gasteiger charge is -2.36. The molecule has 29 heavy (non-hydrogen) atoms. The molecule has 0 saturated carbocycles. The molecule has 0 amide bonds. The lowest BCUT2D eigenvalue weighted by molar-refractivity contribution is 0.00578. The van der Waals surface area contributed by atoms with E-state index in [0.29, 0.717) is 12.0 Å². The Morgan fingerprint density at radius 1 is 1.14 bits per heavy atom. The van der Waals surface area contributed by atoms with Gasteiger partial charge in [-0.1, -0.05) is 0 Å². The topological polar surface area (TPSA) is 76.7 Å². The van der Waals surface area contributed by atoms with E-state index in [9.17, 15) is 0 Å². The summed E-state index contributed by atoms with van der Waals surface area (Å²) in [5.41, 5.74) is 5.84. The molecular formula is C21H38BN5O2. The quantitative estimate of drug-likeness (QED) is 0.694. The molecule has 3 rings (SSSR count). The molecule has 2 aliphatic rings. The Labute approximate surface area is 176 Å². The van der Waals surface area contributed by atoms with Crippen LogP contribution in [-0.2, 0) is 9.31 Å². The maximum absolute atomic E-state index is 6.12. The van der Waals surface area contributed by atoms with Crippen LogP contribution < -0.4 is 16.1 Å². The lowest BCUT2D eigenvalue weighted by Crippen LogP contribution is -2.43. The summed E-state index contributed by atoms with van der Waals surface area (Å²) in [5, 5.41) is 0. The van der Waals surface area contributed by atoms with E-state index in [2.05, 4.69) is 61.3 Å². The molecule has 0 unspecified atom stereocenters. The Balaban J connectivity index is 1.64. The number of aromatic nitrogens is 2. The summed E-state index contributed by atoms with van der Waals surface area (Å²) in [6, 6.07) is 0.347. The monoisotopic (exact) mass is 403 g/mol. The molecule has 0 radical (unpaired) electrons. The largest absolute Gasteiger partial charge is 0.498 e. The minimum Gasteiger partial charge on any atom is -0.399 e. The zero-order valence-electron chi connectivity index (χ0n) is 19.0. The van der Waals surface area contributed by atoms with Gasteiger partial charge in [0.2, 0.25) is 5.95 Å². The summed E-state index contributed by atoms with van der Waals surface area (Å²) in [4.78, 5) is 14.1. The first-order valence-corrected chi connectivity index (χ1v) is 11.0. The minimum atomic E-state index is -0.423. The first kappa shape index (κ1) is 22.5. The van der Waals surface area contributed by atoms with Gasteiger partial charge in [0.05, 0.1) is 11.2 Å². The van der Waals surface area contributed by atoms with E-state index in [4.69, 9.17) is 15.0 Å². The molecule has 0 aromatic carbocycles. The molecule has 2 aliphatic heterocycles. The van der Waals surface area contributed by atoms with E-state index in [-0.39, 0.29) is 11.2 Å². The number of nitrogens with zero attached hydrogens (tertiary/aromatic N) is 4. The number of likely N-dealkylation sites (tertiary alicyclic amines) is 1. The molecule has 8 heteroatoms. The Morgan fingerprint density at radius 3 is 2.17 bits per heavy atom. The molecule has 0 spiro atoms. The van der Waals surface area contributed by atoms with Crippen molar-refractivity contribution in [3.63, 3.8) is 0 Å². The number of piperidine rings is 1. The zero-order chi connectivity index (χ0) is 21.2. The summed E-state index contributed by atoms with van der Waals surface area (Å²) >= 11 is 0. The highest BCUT2D eigenvalue weighted by molar-refractivity contribution is 6.61. The highest BCUT2D eigenvalue weighted by Gasteiger charge is 2.52. The number of rotatable bonds is 7. The molecule has 1 aromatic rings. The van der Waals surface area contributed by atoms with Crippen LogP contribution in [0.3, 0.4) is 0 Å². The summed E-state index contributed by atoms with van der Waals surface area (Å²) in [6.07, 6.45) is 6.11. The molecule has 3 heterocycles. The van der Waals surface area contributed by atoms with Gasteiger partial charge in [0.15, 0.2) is 0 Å². The van der Waals surface area contributed by atoms with E-state index in [1.807, 2.05) is 12.4 Å². The molecule has 2 fully saturated rings. The van der Waals surface area contributed by atoms with Crippen LogP contribution in [0.15, 0.2) is 12.4 Å². The third-order valence-electron chi connectivity index (χ3n) is 6.67. The van der Waals surface area contributed by atoms with Crippen LogP contribution in [0.1, 0.15) is 54.4 Å². The predicted octanol–water partition coefficient (Wildman–Crippen LogP) is 1.66. The number of anilines is 1. The van der Waals surface area contributed by atoms with E-state index in [1.165, 1.54) is 12.8 Å². The van der Waals surface area contributed by atoms with E-state index in [0.717, 1.165) is 44.1 Å². The van der Waals surface area contributed by atoms with Crippen LogP contribution in [0.4, 0.5) is 5.95 Å². The fourth-order valence-corrected chi connectivity index (χ4v) is 3.96. The van der Waals surface area contributed by atoms with Crippen molar-refractivity contribution in [2.24, 2.45) is 11.7 Å². The van der Waals surface area contributed by atoms with Crippen molar-refractivity contribution < 1.29 is 9.31 Å². The summed E-state index contributed by atoms with van der Waals surface area (Å²) in [7, 11) is -0.423. The van der Waals surface area contributed by atoms with Crippen LogP contribution in [0.5, 0.6) is 0 Å². The average molecular weight is 403 g/mol. The second kappa shape index (κ2) is 8.88. The van der Waals surface area contributed by atoms with Gasteiger partial charge in [-0.2, -0.15) is 0 Å². The van der Waals surface area contributed by atoms with Gasteiger partial charge in [0.1, 0.15) is 0 Å². The first-order valence-electron chi connectivity index (χ1n) is 11.0. The fourth-order valence-electron chi connectivity index (χ4n) is 3.96. The maximum atomic E-state index is 6.12. The summed E-state index contributed by atoms with van der Waals surface area (Å²) < 4.78 is 12.2. The Bertz CT molecular complexity index is 644. The van der Waals surface area contributed by atoms with Crippen LogP contribution in [0.25, 0.3) is 0 Å². The Kier molecular flexibility index (Phi) is 6.88. The van der Waals surface area contributed by atoms with Crippen molar-refractivity contribution in [2.75, 3.05) is 37.6 Å². The molecule has 2 saturated heterocycles. The van der Waals surface area contributed by atoms with Gasteiger partial charge < -0.3 is 24.8 Å². The molecule has 7 nitrogen and oxygen atoms in total. The second-order valence-corrected chi connectivity index (χ2v) is 9.72. The molecule has 0 bridgehead atoms. The SMILES string of the molecule is CC(C)N(CC1CCN(CCN)CC1)c1ncc(B2OC(C)(C)C(C)(C)O2)cn1. The van der Waals surface area contributed by atoms with Crippen molar-refractivity contribution in [1.82, 2.24) is 14.9 Å². The highest BCUT2D eigenvalue weighted by Crippen LogP contribution is 2.36. The van der Waals surface area contributed by atoms with Gasteiger partial charge in [-0.05, 0) is 73.4 Å². The van der Waals surface area contributed by atoms with Crippen molar-refractivity contribution in [3.05, 3.63) is 12.4 Å².